The molecular weight excluding hydrogens is 284 g/mol. The number of oxazole rings is 1. The SMILES string of the molecule is CC[C@H](C)NC(=O)COC(=O)/C=C/c1nc2ccccc2o1. The van der Waals surface area contributed by atoms with E-state index in [2.05, 4.69) is 10.3 Å². The molecule has 1 aromatic heterocycles. The van der Waals surface area contributed by atoms with Crippen LogP contribution >= 0.6 is 0 Å². The number of hydrogen-bond acceptors (Lipinski definition) is 5. The van der Waals surface area contributed by atoms with Crippen LogP contribution in [-0.2, 0) is 14.3 Å². The van der Waals surface area contributed by atoms with Crippen molar-refractivity contribution in [2.45, 2.75) is 26.3 Å². The van der Waals surface area contributed by atoms with E-state index >= 15 is 0 Å². The van der Waals surface area contributed by atoms with Crippen molar-refractivity contribution in [3.8, 4) is 0 Å². The van der Waals surface area contributed by atoms with Crippen molar-refractivity contribution in [3.63, 3.8) is 0 Å². The van der Waals surface area contributed by atoms with Gasteiger partial charge in [0.05, 0.1) is 0 Å². The lowest BCUT2D eigenvalue weighted by Gasteiger charge is -2.10. The number of nitrogens with one attached hydrogen (secondary N) is 1. The number of amides is 1. The summed E-state index contributed by atoms with van der Waals surface area (Å²) in [6.45, 7) is 3.54. The summed E-state index contributed by atoms with van der Waals surface area (Å²) in [5.41, 5.74) is 1.35. The fourth-order valence-electron chi connectivity index (χ4n) is 1.70. The molecule has 2 rings (SSSR count). The van der Waals surface area contributed by atoms with Crippen LogP contribution in [0.1, 0.15) is 26.2 Å². The average molecular weight is 302 g/mol. The van der Waals surface area contributed by atoms with Crippen molar-refractivity contribution in [3.05, 3.63) is 36.2 Å². The fourth-order valence-corrected chi connectivity index (χ4v) is 1.70. The number of esters is 1. The minimum atomic E-state index is -0.624. The zero-order chi connectivity index (χ0) is 15.9. The highest BCUT2D eigenvalue weighted by molar-refractivity contribution is 5.89. The van der Waals surface area contributed by atoms with Gasteiger partial charge in [-0.05, 0) is 25.5 Å². The van der Waals surface area contributed by atoms with E-state index < -0.39 is 5.97 Å². The lowest BCUT2D eigenvalue weighted by atomic mass is 10.2. The second kappa shape index (κ2) is 7.40. The normalized spacial score (nSPS) is 12.5. The van der Waals surface area contributed by atoms with Gasteiger partial charge in [0.15, 0.2) is 12.2 Å². The number of fused-ring (bicyclic) bond motifs is 1. The van der Waals surface area contributed by atoms with Crippen LogP contribution in [0.25, 0.3) is 17.2 Å². The summed E-state index contributed by atoms with van der Waals surface area (Å²) in [6.07, 6.45) is 3.41. The molecule has 0 aliphatic carbocycles. The second-order valence-corrected chi connectivity index (χ2v) is 4.84. The van der Waals surface area contributed by atoms with Crippen molar-refractivity contribution in [2.75, 3.05) is 6.61 Å². The molecule has 0 aliphatic rings. The molecular formula is C16H18N2O4. The fraction of sp³-hybridized carbons (Fsp3) is 0.312. The minimum Gasteiger partial charge on any atom is -0.452 e. The quantitative estimate of drug-likeness (QED) is 0.654. The molecule has 0 saturated carbocycles. The molecule has 2 aromatic rings. The van der Waals surface area contributed by atoms with Crippen molar-refractivity contribution in [2.24, 2.45) is 0 Å². The molecule has 0 spiro atoms. The number of aromatic nitrogens is 1. The molecule has 6 heteroatoms. The first-order valence-electron chi connectivity index (χ1n) is 7.08. The van der Waals surface area contributed by atoms with E-state index in [9.17, 15) is 9.59 Å². The van der Waals surface area contributed by atoms with E-state index in [0.717, 1.165) is 6.42 Å². The number of carbonyl (C=O) groups is 2. The van der Waals surface area contributed by atoms with E-state index in [1.54, 1.807) is 6.07 Å². The van der Waals surface area contributed by atoms with Crippen molar-refractivity contribution in [1.29, 1.82) is 0 Å². The number of carbonyl (C=O) groups excluding carboxylic acids is 2. The Morgan fingerprint density at radius 2 is 2.18 bits per heavy atom. The third-order valence-corrected chi connectivity index (χ3v) is 3.04. The van der Waals surface area contributed by atoms with E-state index in [4.69, 9.17) is 9.15 Å². The summed E-state index contributed by atoms with van der Waals surface area (Å²) in [7, 11) is 0. The van der Waals surface area contributed by atoms with Gasteiger partial charge in [-0.15, -0.1) is 0 Å². The lowest BCUT2D eigenvalue weighted by molar-refractivity contribution is -0.144. The van der Waals surface area contributed by atoms with Crippen LogP contribution in [0.4, 0.5) is 0 Å². The molecule has 22 heavy (non-hydrogen) atoms. The Bertz CT molecular complexity index is 657. The Morgan fingerprint density at radius 3 is 2.91 bits per heavy atom. The van der Waals surface area contributed by atoms with Crippen LogP contribution < -0.4 is 5.32 Å². The van der Waals surface area contributed by atoms with E-state index in [0.29, 0.717) is 17.0 Å². The Balaban J connectivity index is 1.85. The van der Waals surface area contributed by atoms with Gasteiger partial charge in [0.1, 0.15) is 5.52 Å². The van der Waals surface area contributed by atoms with Gasteiger partial charge in [-0.2, -0.15) is 0 Å². The molecule has 0 fully saturated rings. The van der Waals surface area contributed by atoms with Crippen LogP contribution in [0.15, 0.2) is 34.8 Å². The molecule has 1 heterocycles. The standard InChI is InChI=1S/C16H18N2O4/c1-3-11(2)17-14(19)10-21-16(20)9-8-15-18-12-6-4-5-7-13(12)22-15/h4-9,11H,3,10H2,1-2H3,(H,17,19)/b9-8+/t11-/m0/s1. The van der Waals surface area contributed by atoms with Crippen molar-refractivity contribution >= 4 is 29.1 Å². The van der Waals surface area contributed by atoms with Gasteiger partial charge in [0.25, 0.3) is 5.91 Å². The van der Waals surface area contributed by atoms with Crippen LogP contribution in [0.5, 0.6) is 0 Å². The molecule has 0 radical (unpaired) electrons. The molecule has 116 valence electrons. The maximum atomic E-state index is 11.5. The molecule has 0 aliphatic heterocycles. The van der Waals surface area contributed by atoms with Gasteiger partial charge in [-0.25, -0.2) is 9.78 Å². The van der Waals surface area contributed by atoms with Gasteiger partial charge in [-0.3, -0.25) is 4.79 Å². The molecule has 1 N–H and O–H groups in total. The number of rotatable bonds is 6. The smallest absolute Gasteiger partial charge is 0.331 e. The van der Waals surface area contributed by atoms with Crippen LogP contribution in [0.2, 0.25) is 0 Å². The Kier molecular flexibility index (Phi) is 5.30. The molecule has 1 amide bonds. The predicted molar refractivity (Wildman–Crippen MR) is 81.9 cm³/mol. The number of hydrogen-bond donors (Lipinski definition) is 1. The van der Waals surface area contributed by atoms with Gasteiger partial charge < -0.3 is 14.5 Å². The molecule has 0 bridgehead atoms. The molecule has 1 aromatic carbocycles. The van der Waals surface area contributed by atoms with E-state index in [1.165, 1.54) is 12.2 Å². The predicted octanol–water partition coefficient (Wildman–Crippen LogP) is 2.30. The summed E-state index contributed by atoms with van der Waals surface area (Å²) >= 11 is 0. The van der Waals surface area contributed by atoms with Crippen LogP contribution in [-0.4, -0.2) is 29.5 Å². The number of nitrogens with zero attached hydrogens (tertiary/aromatic N) is 1. The largest absolute Gasteiger partial charge is 0.452 e. The molecule has 6 nitrogen and oxygen atoms in total. The van der Waals surface area contributed by atoms with Crippen molar-refractivity contribution < 1.29 is 18.7 Å². The topological polar surface area (TPSA) is 81.4 Å². The molecule has 0 saturated heterocycles. The van der Waals surface area contributed by atoms with Gasteiger partial charge in [0.2, 0.25) is 5.89 Å². The molecule has 1 atom stereocenters. The van der Waals surface area contributed by atoms with Gasteiger partial charge in [0, 0.05) is 18.2 Å². The number of para-hydroxylation sites is 2. The zero-order valence-corrected chi connectivity index (χ0v) is 12.5. The maximum absolute atomic E-state index is 11.5. The minimum absolute atomic E-state index is 0.0569. The first-order chi connectivity index (χ1) is 10.6. The van der Waals surface area contributed by atoms with E-state index in [1.807, 2.05) is 32.0 Å². The van der Waals surface area contributed by atoms with Crippen LogP contribution in [0.3, 0.4) is 0 Å². The zero-order valence-electron chi connectivity index (χ0n) is 12.5. The third-order valence-electron chi connectivity index (χ3n) is 3.04. The number of ether oxygens (including phenoxy) is 1. The summed E-state index contributed by atoms with van der Waals surface area (Å²) in [5.74, 6) is -0.637. The first kappa shape index (κ1) is 15.8. The van der Waals surface area contributed by atoms with E-state index in [-0.39, 0.29) is 18.6 Å². The first-order valence-corrected chi connectivity index (χ1v) is 7.08. The highest BCUT2D eigenvalue weighted by atomic mass is 16.5. The maximum Gasteiger partial charge on any atom is 0.331 e. The summed E-state index contributed by atoms with van der Waals surface area (Å²) in [6, 6.07) is 7.35. The van der Waals surface area contributed by atoms with Gasteiger partial charge in [-0.1, -0.05) is 19.1 Å². The van der Waals surface area contributed by atoms with Gasteiger partial charge >= 0.3 is 5.97 Å². The Labute approximate surface area is 128 Å². The Hall–Kier alpha value is -2.63. The second-order valence-electron chi connectivity index (χ2n) is 4.84. The highest BCUT2D eigenvalue weighted by Gasteiger charge is 2.08. The number of benzene rings is 1. The third kappa shape index (κ3) is 4.44. The molecule has 0 unspecified atom stereocenters. The average Bonchev–Trinajstić information content (AvgIpc) is 2.93. The summed E-state index contributed by atoms with van der Waals surface area (Å²) in [5, 5.41) is 2.71. The highest BCUT2D eigenvalue weighted by Crippen LogP contribution is 2.15. The monoisotopic (exact) mass is 302 g/mol. The summed E-state index contributed by atoms with van der Waals surface area (Å²) in [4.78, 5) is 27.2. The lowest BCUT2D eigenvalue weighted by Crippen LogP contribution is -2.35. The van der Waals surface area contributed by atoms with Crippen molar-refractivity contribution in [1.82, 2.24) is 10.3 Å². The Morgan fingerprint density at radius 1 is 1.41 bits per heavy atom. The van der Waals surface area contributed by atoms with Crippen LogP contribution in [0, 0.1) is 0 Å². The summed E-state index contributed by atoms with van der Waals surface area (Å²) < 4.78 is 10.3.